The molecule has 6 heteroatoms. The lowest BCUT2D eigenvalue weighted by atomic mass is 9.78. The summed E-state index contributed by atoms with van der Waals surface area (Å²) in [4.78, 5) is 17.9. The van der Waals surface area contributed by atoms with Crippen molar-refractivity contribution in [3.05, 3.63) is 30.1 Å². The van der Waals surface area contributed by atoms with Crippen molar-refractivity contribution in [2.24, 2.45) is 11.8 Å². The Morgan fingerprint density at radius 1 is 1.07 bits per heavy atom. The van der Waals surface area contributed by atoms with E-state index < -0.39 is 6.10 Å². The maximum atomic E-state index is 13.4. The van der Waals surface area contributed by atoms with Crippen LogP contribution < -0.4 is 4.74 Å². The first kappa shape index (κ1) is 18.4. The number of benzene rings is 1. The van der Waals surface area contributed by atoms with Gasteiger partial charge in [-0.25, -0.2) is 4.39 Å². The molecule has 4 fully saturated rings. The molecule has 3 heterocycles. The van der Waals surface area contributed by atoms with Gasteiger partial charge in [-0.15, -0.1) is 0 Å². The highest BCUT2D eigenvalue weighted by molar-refractivity contribution is 5.87. The lowest BCUT2D eigenvalue weighted by molar-refractivity contribution is -0.140. The van der Waals surface area contributed by atoms with Crippen LogP contribution in [0.4, 0.5) is 4.39 Å². The van der Waals surface area contributed by atoms with E-state index >= 15 is 0 Å². The second-order valence-electron chi connectivity index (χ2n) is 9.11. The minimum atomic E-state index is -0.547. The van der Waals surface area contributed by atoms with E-state index in [1.54, 1.807) is 12.1 Å². The molecule has 1 N–H and O–H groups in total. The van der Waals surface area contributed by atoms with Gasteiger partial charge in [-0.1, -0.05) is 0 Å². The molecule has 152 valence electrons. The molecule has 0 spiro atoms. The Morgan fingerprint density at radius 3 is 2.39 bits per heavy atom. The number of hydrogen-bond acceptors (Lipinski definition) is 4. The van der Waals surface area contributed by atoms with Gasteiger partial charge in [0.05, 0.1) is 6.10 Å². The fourth-order valence-electron chi connectivity index (χ4n) is 6.12. The third-order valence-corrected chi connectivity index (χ3v) is 7.51. The highest BCUT2D eigenvalue weighted by atomic mass is 19.1. The highest BCUT2D eigenvalue weighted by Gasteiger charge is 2.54. The van der Waals surface area contributed by atoms with E-state index in [0.29, 0.717) is 29.9 Å². The van der Waals surface area contributed by atoms with E-state index in [1.165, 1.54) is 12.1 Å². The van der Waals surface area contributed by atoms with Crippen molar-refractivity contribution in [3.63, 3.8) is 0 Å². The van der Waals surface area contributed by atoms with Crippen LogP contribution >= 0.6 is 0 Å². The molecule has 0 radical (unpaired) electrons. The molecule has 4 atom stereocenters. The quantitative estimate of drug-likeness (QED) is 0.864. The average molecular weight is 388 g/mol. The van der Waals surface area contributed by atoms with Gasteiger partial charge < -0.3 is 14.7 Å². The van der Waals surface area contributed by atoms with Gasteiger partial charge in [0.25, 0.3) is 0 Å². The summed E-state index contributed by atoms with van der Waals surface area (Å²) in [6, 6.07) is 5.95. The monoisotopic (exact) mass is 388 g/mol. The van der Waals surface area contributed by atoms with Crippen LogP contribution in [0.5, 0.6) is 5.75 Å². The fourth-order valence-corrected chi connectivity index (χ4v) is 6.12. The molecule has 1 aliphatic carbocycles. The maximum absolute atomic E-state index is 13.4. The number of amides is 1. The second-order valence-corrected chi connectivity index (χ2v) is 9.11. The first-order valence-corrected chi connectivity index (χ1v) is 10.7. The van der Waals surface area contributed by atoms with Gasteiger partial charge in [0.15, 0.2) is 0 Å². The maximum Gasteiger partial charge on any atom is 0.243 e. The van der Waals surface area contributed by atoms with Crippen LogP contribution in [-0.2, 0) is 4.79 Å². The predicted octanol–water partition coefficient (Wildman–Crippen LogP) is 2.43. The van der Waals surface area contributed by atoms with E-state index in [1.807, 2.05) is 0 Å². The van der Waals surface area contributed by atoms with Crippen molar-refractivity contribution in [1.82, 2.24) is 9.80 Å². The third-order valence-electron chi connectivity index (χ3n) is 7.51. The van der Waals surface area contributed by atoms with Crippen molar-refractivity contribution < 1.29 is 19.0 Å². The molecule has 0 bridgehead atoms. The first-order chi connectivity index (χ1) is 13.5. The fraction of sp³-hybridized carbons (Fsp3) is 0.682. The standard InChI is InChI=1S/C22H29FN2O3/c23-17-3-5-18(6-4-17)28-20-12-16-14-24(13-15(16)11-19(20)26)21(27)22-7-1-9-25(22)10-2-8-22/h3-6,15-16,19-20,26H,1-2,7-14H2/t15-,16+,19+,20+/m0/s1. The van der Waals surface area contributed by atoms with Crippen molar-refractivity contribution >= 4 is 5.91 Å². The second kappa shape index (κ2) is 6.99. The molecule has 1 aromatic rings. The number of carbonyl (C=O) groups excluding carboxylic acids is 1. The molecular weight excluding hydrogens is 359 g/mol. The van der Waals surface area contributed by atoms with Gasteiger partial charge in [0.1, 0.15) is 23.2 Å². The lowest BCUT2D eigenvalue weighted by Gasteiger charge is -2.35. The van der Waals surface area contributed by atoms with Crippen molar-refractivity contribution in [3.8, 4) is 5.75 Å². The molecule has 3 aliphatic heterocycles. The SMILES string of the molecule is O=C(N1C[C@H]2C[C@@H](Oc3ccc(F)cc3)[C@H](O)C[C@H]2C1)C12CCCN1CCC2. The van der Waals surface area contributed by atoms with Gasteiger partial charge in [0.2, 0.25) is 5.91 Å². The molecule has 4 aliphatic rings. The summed E-state index contributed by atoms with van der Waals surface area (Å²) in [6.45, 7) is 3.64. The van der Waals surface area contributed by atoms with Gasteiger partial charge in [0, 0.05) is 13.1 Å². The largest absolute Gasteiger partial charge is 0.488 e. The summed E-state index contributed by atoms with van der Waals surface area (Å²) < 4.78 is 19.1. The number of likely N-dealkylation sites (tertiary alicyclic amines) is 1. The molecule has 1 aromatic carbocycles. The number of ether oxygens (including phenoxy) is 1. The van der Waals surface area contributed by atoms with E-state index in [0.717, 1.165) is 58.3 Å². The highest BCUT2D eigenvalue weighted by Crippen LogP contribution is 2.44. The van der Waals surface area contributed by atoms with Crippen LogP contribution in [0.15, 0.2) is 24.3 Å². The average Bonchev–Trinajstić information content (AvgIpc) is 3.37. The number of carbonyl (C=O) groups is 1. The Morgan fingerprint density at radius 2 is 1.71 bits per heavy atom. The Labute approximate surface area is 165 Å². The van der Waals surface area contributed by atoms with Crippen LogP contribution in [0.3, 0.4) is 0 Å². The van der Waals surface area contributed by atoms with E-state index in [2.05, 4.69) is 9.80 Å². The smallest absolute Gasteiger partial charge is 0.243 e. The van der Waals surface area contributed by atoms with Gasteiger partial charge in [-0.3, -0.25) is 9.69 Å². The van der Waals surface area contributed by atoms with Crippen LogP contribution in [0.25, 0.3) is 0 Å². The lowest BCUT2D eigenvalue weighted by Crippen LogP contribution is -2.53. The van der Waals surface area contributed by atoms with Gasteiger partial charge in [-0.2, -0.15) is 0 Å². The van der Waals surface area contributed by atoms with Crippen molar-refractivity contribution in [2.75, 3.05) is 26.2 Å². The van der Waals surface area contributed by atoms with E-state index in [4.69, 9.17) is 4.74 Å². The van der Waals surface area contributed by atoms with Gasteiger partial charge >= 0.3 is 0 Å². The normalized spacial score (nSPS) is 34.3. The summed E-state index contributed by atoms with van der Waals surface area (Å²) in [5, 5.41) is 10.6. The summed E-state index contributed by atoms with van der Waals surface area (Å²) in [6.07, 6.45) is 4.80. The van der Waals surface area contributed by atoms with E-state index in [-0.39, 0.29) is 17.5 Å². The zero-order valence-electron chi connectivity index (χ0n) is 16.2. The predicted molar refractivity (Wildman–Crippen MR) is 102 cm³/mol. The zero-order chi connectivity index (χ0) is 19.3. The van der Waals surface area contributed by atoms with Crippen LogP contribution in [0, 0.1) is 17.7 Å². The minimum Gasteiger partial charge on any atom is -0.488 e. The topological polar surface area (TPSA) is 53.0 Å². The first-order valence-electron chi connectivity index (χ1n) is 10.7. The Balaban J connectivity index is 1.26. The van der Waals surface area contributed by atoms with E-state index in [9.17, 15) is 14.3 Å². The Hall–Kier alpha value is -1.66. The van der Waals surface area contributed by atoms with Crippen LogP contribution in [0.1, 0.15) is 38.5 Å². The molecule has 5 rings (SSSR count). The zero-order valence-corrected chi connectivity index (χ0v) is 16.2. The number of aliphatic hydroxyl groups excluding tert-OH is 1. The molecule has 0 unspecified atom stereocenters. The molecule has 28 heavy (non-hydrogen) atoms. The number of halogens is 1. The molecular formula is C22H29FN2O3. The summed E-state index contributed by atoms with van der Waals surface area (Å²) in [5.41, 5.74) is -0.240. The van der Waals surface area contributed by atoms with Crippen LogP contribution in [-0.4, -0.2) is 64.7 Å². The van der Waals surface area contributed by atoms with Gasteiger partial charge in [-0.05, 0) is 87.7 Å². The third kappa shape index (κ3) is 3.01. The van der Waals surface area contributed by atoms with Crippen molar-refractivity contribution in [1.29, 1.82) is 0 Å². The molecule has 5 nitrogen and oxygen atoms in total. The summed E-state index contributed by atoms with van der Waals surface area (Å²) >= 11 is 0. The Kier molecular flexibility index (Phi) is 4.59. The number of fused-ring (bicyclic) bond motifs is 2. The minimum absolute atomic E-state index is 0.240. The molecule has 0 aromatic heterocycles. The van der Waals surface area contributed by atoms with Crippen molar-refractivity contribution in [2.45, 2.75) is 56.3 Å². The molecule has 1 saturated carbocycles. The number of rotatable bonds is 3. The Bertz CT molecular complexity index is 730. The molecule has 3 saturated heterocycles. The summed E-state index contributed by atoms with van der Waals surface area (Å²) in [5.74, 6) is 1.32. The number of hydrogen-bond donors (Lipinski definition) is 1. The van der Waals surface area contributed by atoms with Crippen LogP contribution in [0.2, 0.25) is 0 Å². The number of nitrogens with zero attached hydrogens (tertiary/aromatic N) is 2. The molecule has 1 amide bonds. The summed E-state index contributed by atoms with van der Waals surface area (Å²) in [7, 11) is 0. The number of aliphatic hydroxyl groups is 1.